The van der Waals surface area contributed by atoms with Gasteiger partial charge in [-0.25, -0.2) is 4.99 Å². The molecule has 3 heteroatoms. The molecule has 0 aliphatic carbocycles. The van der Waals surface area contributed by atoms with Crippen molar-refractivity contribution < 1.29 is 0 Å². The summed E-state index contributed by atoms with van der Waals surface area (Å²) in [4.78, 5) is 3.93. The van der Waals surface area contributed by atoms with Crippen molar-refractivity contribution >= 4 is 5.84 Å². The van der Waals surface area contributed by atoms with Crippen molar-refractivity contribution in [3.8, 4) is 0 Å². The standard InChI is InChI=1S/C7H9N3/c1-2-9-7-6(5-8)3-4-10-7/h2-5H,1,8H2,(H,9,10)/b6-5-. The molecule has 1 rings (SSSR count). The Morgan fingerprint density at radius 2 is 2.50 bits per heavy atom. The highest BCUT2D eigenvalue weighted by atomic mass is 15.0. The first kappa shape index (κ1) is 6.61. The molecule has 1 aliphatic heterocycles. The molecule has 0 aromatic carbocycles. The second-order valence-corrected chi connectivity index (χ2v) is 1.76. The van der Waals surface area contributed by atoms with E-state index >= 15 is 0 Å². The largest absolute Gasteiger partial charge is 0.404 e. The molecule has 0 atom stereocenters. The molecule has 0 fully saturated rings. The second kappa shape index (κ2) is 2.87. The molecular formula is C7H9N3. The number of hydrogen-bond acceptors (Lipinski definition) is 2. The van der Waals surface area contributed by atoms with Crippen LogP contribution in [0.25, 0.3) is 0 Å². The molecule has 0 bridgehead atoms. The van der Waals surface area contributed by atoms with E-state index < -0.39 is 0 Å². The van der Waals surface area contributed by atoms with Gasteiger partial charge in [0.25, 0.3) is 0 Å². The van der Waals surface area contributed by atoms with Crippen LogP contribution in [0.2, 0.25) is 0 Å². The third-order valence-corrected chi connectivity index (χ3v) is 1.16. The quantitative estimate of drug-likeness (QED) is 0.549. The minimum atomic E-state index is 0.748. The van der Waals surface area contributed by atoms with Crippen molar-refractivity contribution in [2.75, 3.05) is 0 Å². The maximum Gasteiger partial charge on any atom is 0.138 e. The van der Waals surface area contributed by atoms with Gasteiger partial charge in [-0.1, -0.05) is 6.58 Å². The topological polar surface area (TPSA) is 50.4 Å². The maximum absolute atomic E-state index is 5.29. The zero-order valence-corrected chi connectivity index (χ0v) is 5.54. The summed E-state index contributed by atoms with van der Waals surface area (Å²) in [5.74, 6) is 0.748. The van der Waals surface area contributed by atoms with E-state index in [1.807, 2.05) is 6.08 Å². The Labute approximate surface area is 59.6 Å². The molecule has 0 aromatic heterocycles. The van der Waals surface area contributed by atoms with Crippen LogP contribution in [-0.4, -0.2) is 5.84 Å². The first-order valence-corrected chi connectivity index (χ1v) is 2.92. The molecule has 0 saturated carbocycles. The van der Waals surface area contributed by atoms with Gasteiger partial charge in [0, 0.05) is 24.2 Å². The first-order chi connectivity index (χ1) is 4.88. The van der Waals surface area contributed by atoms with Crippen molar-refractivity contribution in [2.45, 2.75) is 0 Å². The van der Waals surface area contributed by atoms with Crippen LogP contribution in [0.15, 0.2) is 41.8 Å². The number of aliphatic imine (C=N–C) groups is 1. The Balaban J connectivity index is 2.84. The minimum Gasteiger partial charge on any atom is -0.404 e. The van der Waals surface area contributed by atoms with Gasteiger partial charge in [0.05, 0.1) is 0 Å². The van der Waals surface area contributed by atoms with Crippen LogP contribution in [0.5, 0.6) is 0 Å². The van der Waals surface area contributed by atoms with Crippen LogP contribution in [0.1, 0.15) is 0 Å². The summed E-state index contributed by atoms with van der Waals surface area (Å²) in [7, 11) is 0. The van der Waals surface area contributed by atoms with Crippen molar-refractivity contribution in [1.29, 1.82) is 0 Å². The highest BCUT2D eigenvalue weighted by Crippen LogP contribution is 2.02. The summed E-state index contributed by atoms with van der Waals surface area (Å²) < 4.78 is 0. The lowest BCUT2D eigenvalue weighted by Crippen LogP contribution is -2.12. The highest BCUT2D eigenvalue weighted by molar-refractivity contribution is 6.03. The molecule has 0 saturated heterocycles. The van der Waals surface area contributed by atoms with Crippen LogP contribution in [0, 0.1) is 0 Å². The van der Waals surface area contributed by atoms with E-state index in [2.05, 4.69) is 16.9 Å². The van der Waals surface area contributed by atoms with Crippen LogP contribution < -0.4 is 11.1 Å². The summed E-state index contributed by atoms with van der Waals surface area (Å²) in [6, 6.07) is 0. The Hall–Kier alpha value is -1.51. The molecule has 1 heterocycles. The van der Waals surface area contributed by atoms with Crippen LogP contribution in [0.3, 0.4) is 0 Å². The molecule has 10 heavy (non-hydrogen) atoms. The number of nitrogens with two attached hydrogens (primary N) is 1. The Morgan fingerprint density at radius 3 is 3.10 bits per heavy atom. The van der Waals surface area contributed by atoms with Crippen LogP contribution in [-0.2, 0) is 0 Å². The lowest BCUT2D eigenvalue weighted by Gasteiger charge is -1.95. The Bertz CT molecular complexity index is 223. The Kier molecular flexibility index (Phi) is 1.89. The van der Waals surface area contributed by atoms with Gasteiger partial charge in [-0.3, -0.25) is 0 Å². The van der Waals surface area contributed by atoms with Gasteiger partial charge < -0.3 is 11.1 Å². The van der Waals surface area contributed by atoms with Crippen molar-refractivity contribution in [1.82, 2.24) is 5.32 Å². The molecular weight excluding hydrogens is 126 g/mol. The fourth-order valence-corrected chi connectivity index (χ4v) is 0.710. The molecule has 52 valence electrons. The predicted octanol–water partition coefficient (Wildman–Crippen LogP) is 0.488. The summed E-state index contributed by atoms with van der Waals surface area (Å²) >= 11 is 0. The van der Waals surface area contributed by atoms with E-state index in [9.17, 15) is 0 Å². The van der Waals surface area contributed by atoms with Gasteiger partial charge in [0.1, 0.15) is 5.84 Å². The van der Waals surface area contributed by atoms with Crippen LogP contribution in [0.4, 0.5) is 0 Å². The third kappa shape index (κ3) is 1.07. The van der Waals surface area contributed by atoms with Gasteiger partial charge in [-0.05, 0) is 6.08 Å². The summed E-state index contributed by atoms with van der Waals surface area (Å²) in [5.41, 5.74) is 6.17. The second-order valence-electron chi connectivity index (χ2n) is 1.76. The van der Waals surface area contributed by atoms with E-state index in [0.717, 1.165) is 11.4 Å². The SMILES string of the molecule is C=C/N=C1/NC=C/C1=C/N. The lowest BCUT2D eigenvalue weighted by atomic mass is 10.3. The van der Waals surface area contributed by atoms with Gasteiger partial charge in [-0.2, -0.15) is 0 Å². The monoisotopic (exact) mass is 135 g/mol. The van der Waals surface area contributed by atoms with Gasteiger partial charge >= 0.3 is 0 Å². The zero-order chi connectivity index (χ0) is 7.40. The van der Waals surface area contributed by atoms with Gasteiger partial charge in [0.15, 0.2) is 0 Å². The maximum atomic E-state index is 5.29. The third-order valence-electron chi connectivity index (χ3n) is 1.16. The molecule has 0 amide bonds. The normalized spacial score (nSPS) is 23.6. The smallest absolute Gasteiger partial charge is 0.138 e. The minimum absolute atomic E-state index is 0.748. The van der Waals surface area contributed by atoms with E-state index in [1.165, 1.54) is 12.4 Å². The van der Waals surface area contributed by atoms with E-state index in [-0.39, 0.29) is 0 Å². The molecule has 0 aromatic rings. The van der Waals surface area contributed by atoms with Crippen LogP contribution >= 0.6 is 0 Å². The van der Waals surface area contributed by atoms with Crippen molar-refractivity contribution in [2.24, 2.45) is 10.7 Å². The average molecular weight is 135 g/mol. The van der Waals surface area contributed by atoms with Gasteiger partial charge in [0.2, 0.25) is 0 Å². The summed E-state index contributed by atoms with van der Waals surface area (Å²) in [6.07, 6.45) is 6.60. The highest BCUT2D eigenvalue weighted by Gasteiger charge is 2.05. The fourth-order valence-electron chi connectivity index (χ4n) is 0.710. The van der Waals surface area contributed by atoms with E-state index in [4.69, 9.17) is 5.73 Å². The summed E-state index contributed by atoms with van der Waals surface area (Å²) in [6.45, 7) is 3.47. The van der Waals surface area contributed by atoms with E-state index in [1.54, 1.807) is 6.20 Å². The zero-order valence-electron chi connectivity index (χ0n) is 5.54. The lowest BCUT2D eigenvalue weighted by molar-refractivity contribution is 1.30. The number of rotatable bonds is 1. The number of hydrogen-bond donors (Lipinski definition) is 2. The molecule has 0 spiro atoms. The summed E-state index contributed by atoms with van der Waals surface area (Å²) in [5, 5.41) is 2.91. The van der Waals surface area contributed by atoms with E-state index in [0.29, 0.717) is 0 Å². The van der Waals surface area contributed by atoms with Gasteiger partial charge in [-0.15, -0.1) is 0 Å². The number of nitrogens with one attached hydrogen (secondary N) is 1. The Morgan fingerprint density at radius 1 is 1.70 bits per heavy atom. The number of amidine groups is 1. The number of nitrogens with zero attached hydrogens (tertiary/aromatic N) is 1. The molecule has 0 unspecified atom stereocenters. The fraction of sp³-hybridized carbons (Fsp3) is 0. The molecule has 3 N–H and O–H groups in total. The average Bonchev–Trinajstić information content (AvgIpc) is 2.36. The van der Waals surface area contributed by atoms with Crippen molar-refractivity contribution in [3.63, 3.8) is 0 Å². The van der Waals surface area contributed by atoms with Crippen molar-refractivity contribution in [3.05, 3.63) is 36.8 Å². The first-order valence-electron chi connectivity index (χ1n) is 2.92. The molecule has 0 radical (unpaired) electrons. The molecule has 3 nitrogen and oxygen atoms in total. The predicted molar refractivity (Wildman–Crippen MR) is 42.2 cm³/mol. The molecule has 1 aliphatic rings.